The maximum absolute atomic E-state index is 10.5. The van der Waals surface area contributed by atoms with E-state index in [4.69, 9.17) is 9.84 Å². The minimum atomic E-state index is 0.136. The summed E-state index contributed by atoms with van der Waals surface area (Å²) in [4.78, 5) is 0. The second-order valence-corrected chi connectivity index (χ2v) is 7.86. The molecule has 0 bridgehead atoms. The molecule has 1 saturated heterocycles. The van der Waals surface area contributed by atoms with Gasteiger partial charge in [0.2, 0.25) is 0 Å². The monoisotopic (exact) mass is 438 g/mol. The molecule has 33 heavy (non-hydrogen) atoms. The molecule has 0 aliphatic carbocycles. The first-order chi connectivity index (χ1) is 16.3. The molecule has 0 unspecified atom stereocenters. The molecule has 5 aromatic rings. The van der Waals surface area contributed by atoms with Crippen molar-refractivity contribution >= 4 is 27.9 Å². The molecule has 1 aliphatic rings. The third kappa shape index (κ3) is 3.36. The number of phenols is 1. The Bertz CT molecular complexity index is 1430. The summed E-state index contributed by atoms with van der Waals surface area (Å²) in [5.74, 6) is 1.39. The lowest BCUT2D eigenvalue weighted by atomic mass is 10.1. The highest BCUT2D eigenvalue weighted by Gasteiger charge is 2.26. The van der Waals surface area contributed by atoms with Crippen molar-refractivity contribution in [2.45, 2.75) is 0 Å². The van der Waals surface area contributed by atoms with Crippen LogP contribution in [0.1, 0.15) is 0 Å². The van der Waals surface area contributed by atoms with Crippen LogP contribution in [0.25, 0.3) is 27.8 Å². The van der Waals surface area contributed by atoms with Crippen LogP contribution in [0, 0.1) is 0 Å². The van der Waals surface area contributed by atoms with Crippen LogP contribution < -0.4 is 5.01 Å². The number of rotatable bonds is 4. The second-order valence-electron chi connectivity index (χ2n) is 7.86. The van der Waals surface area contributed by atoms with E-state index in [1.54, 1.807) is 16.6 Å². The summed E-state index contributed by atoms with van der Waals surface area (Å²) in [6, 6.07) is 25.4. The van der Waals surface area contributed by atoms with Crippen molar-refractivity contribution in [3.05, 3.63) is 78.9 Å². The van der Waals surface area contributed by atoms with Crippen LogP contribution in [0.15, 0.2) is 78.9 Å². The number of aromatic nitrogens is 4. The third-order valence-corrected chi connectivity index (χ3v) is 5.86. The maximum Gasteiger partial charge on any atom is 0.189 e. The molecule has 8 nitrogen and oxygen atoms in total. The second kappa shape index (κ2) is 8.16. The first-order valence-electron chi connectivity index (χ1n) is 10.9. The average Bonchev–Trinajstić information content (AvgIpc) is 3.30. The van der Waals surface area contributed by atoms with Gasteiger partial charge in [0.15, 0.2) is 17.3 Å². The van der Waals surface area contributed by atoms with Crippen LogP contribution in [-0.4, -0.2) is 56.2 Å². The van der Waals surface area contributed by atoms with E-state index in [0.717, 1.165) is 35.4 Å². The molecule has 3 aromatic carbocycles. The standard InChI is InChI=1S/C25H22N6O2/c32-22-13-7-6-12-21(22)24-27-26-23-19-10-4-5-11-20(19)25(28-30(23)24)31(18-8-2-1-3-9-18)29-14-16-33-17-15-29/h1-13,32H,14-17H2. The van der Waals surface area contributed by atoms with Gasteiger partial charge in [0.25, 0.3) is 0 Å². The SMILES string of the molecule is Oc1ccccc1-c1nnc2c3ccccc3c(N(c3ccccc3)N3CCOCC3)nn12. The minimum Gasteiger partial charge on any atom is -0.507 e. The van der Waals surface area contributed by atoms with Gasteiger partial charge >= 0.3 is 0 Å². The van der Waals surface area contributed by atoms with Gasteiger partial charge in [-0.05, 0) is 24.3 Å². The third-order valence-electron chi connectivity index (χ3n) is 5.86. The van der Waals surface area contributed by atoms with E-state index in [-0.39, 0.29) is 5.75 Å². The molecule has 0 spiro atoms. The lowest BCUT2D eigenvalue weighted by molar-refractivity contribution is 0.0375. The van der Waals surface area contributed by atoms with E-state index in [1.165, 1.54) is 0 Å². The number of aromatic hydroxyl groups is 1. The molecule has 8 heteroatoms. The van der Waals surface area contributed by atoms with E-state index in [0.29, 0.717) is 30.2 Å². The predicted octanol–water partition coefficient (Wildman–Crippen LogP) is 4.04. The number of ether oxygens (including phenoxy) is 1. The number of hydrazine groups is 1. The fourth-order valence-corrected chi connectivity index (χ4v) is 4.29. The summed E-state index contributed by atoms with van der Waals surface area (Å²) in [7, 11) is 0. The average molecular weight is 438 g/mol. The molecule has 1 N–H and O–H groups in total. The fraction of sp³-hybridized carbons (Fsp3) is 0.160. The Kier molecular flexibility index (Phi) is 4.86. The van der Waals surface area contributed by atoms with Crippen molar-refractivity contribution in [3.8, 4) is 17.1 Å². The van der Waals surface area contributed by atoms with Gasteiger partial charge in [-0.2, -0.15) is 4.52 Å². The predicted molar refractivity (Wildman–Crippen MR) is 126 cm³/mol. The largest absolute Gasteiger partial charge is 0.507 e. The van der Waals surface area contributed by atoms with Crippen molar-refractivity contribution < 1.29 is 9.84 Å². The number of para-hydroxylation sites is 2. The van der Waals surface area contributed by atoms with Gasteiger partial charge in [-0.15, -0.1) is 15.3 Å². The van der Waals surface area contributed by atoms with Crippen LogP contribution in [0.5, 0.6) is 5.75 Å². The van der Waals surface area contributed by atoms with Gasteiger partial charge in [0.1, 0.15) is 5.75 Å². The van der Waals surface area contributed by atoms with Gasteiger partial charge in [-0.25, -0.2) is 5.01 Å². The Balaban J connectivity index is 1.64. The van der Waals surface area contributed by atoms with Crippen LogP contribution in [0.4, 0.5) is 11.5 Å². The Hall–Kier alpha value is -4.01. The fourth-order valence-electron chi connectivity index (χ4n) is 4.29. The highest BCUT2D eigenvalue weighted by Crippen LogP contribution is 2.35. The van der Waals surface area contributed by atoms with E-state index in [9.17, 15) is 5.11 Å². The summed E-state index contributed by atoms with van der Waals surface area (Å²) in [6.45, 7) is 2.80. The lowest BCUT2D eigenvalue weighted by Gasteiger charge is -2.38. The molecule has 3 heterocycles. The van der Waals surface area contributed by atoms with Gasteiger partial charge in [-0.1, -0.05) is 54.6 Å². The number of anilines is 2. The van der Waals surface area contributed by atoms with Crippen molar-refractivity contribution in [1.29, 1.82) is 0 Å². The molecular formula is C25H22N6O2. The van der Waals surface area contributed by atoms with E-state index >= 15 is 0 Å². The van der Waals surface area contributed by atoms with Crippen LogP contribution in [0.2, 0.25) is 0 Å². The maximum atomic E-state index is 10.5. The van der Waals surface area contributed by atoms with Crippen LogP contribution in [0.3, 0.4) is 0 Å². The smallest absolute Gasteiger partial charge is 0.189 e. The zero-order chi connectivity index (χ0) is 22.2. The zero-order valence-electron chi connectivity index (χ0n) is 17.9. The molecular weight excluding hydrogens is 416 g/mol. The van der Waals surface area contributed by atoms with Gasteiger partial charge in [-0.3, -0.25) is 5.01 Å². The Morgan fingerprint density at radius 1 is 0.788 bits per heavy atom. The first-order valence-corrected chi connectivity index (χ1v) is 10.9. The Morgan fingerprint density at radius 3 is 2.27 bits per heavy atom. The normalized spacial score (nSPS) is 14.7. The van der Waals surface area contributed by atoms with Gasteiger partial charge < -0.3 is 9.84 Å². The summed E-state index contributed by atoms with van der Waals surface area (Å²) in [5, 5.41) is 30.7. The molecule has 1 aliphatic heterocycles. The van der Waals surface area contributed by atoms with Crippen molar-refractivity contribution in [3.63, 3.8) is 0 Å². The van der Waals surface area contributed by atoms with E-state index < -0.39 is 0 Å². The number of morpholine rings is 1. The molecule has 1 fully saturated rings. The van der Waals surface area contributed by atoms with Gasteiger partial charge in [0, 0.05) is 23.9 Å². The first kappa shape index (κ1) is 19.7. The topological polar surface area (TPSA) is 79.0 Å². The molecule has 2 aromatic heterocycles. The number of hydrogen-bond acceptors (Lipinski definition) is 7. The summed E-state index contributed by atoms with van der Waals surface area (Å²) in [6.07, 6.45) is 0. The van der Waals surface area contributed by atoms with E-state index in [2.05, 4.69) is 38.4 Å². The molecule has 0 amide bonds. The zero-order valence-corrected chi connectivity index (χ0v) is 17.9. The van der Waals surface area contributed by atoms with Crippen molar-refractivity contribution in [2.75, 3.05) is 31.3 Å². The summed E-state index contributed by atoms with van der Waals surface area (Å²) >= 11 is 0. The molecule has 6 rings (SSSR count). The van der Waals surface area contributed by atoms with Crippen LogP contribution in [-0.2, 0) is 4.74 Å². The van der Waals surface area contributed by atoms with E-state index in [1.807, 2.05) is 48.5 Å². The van der Waals surface area contributed by atoms with Gasteiger partial charge in [0.05, 0.1) is 24.5 Å². The lowest BCUT2D eigenvalue weighted by Crippen LogP contribution is -2.47. The molecule has 0 radical (unpaired) electrons. The molecule has 164 valence electrons. The summed E-state index contributed by atoms with van der Waals surface area (Å²) < 4.78 is 7.34. The number of fused-ring (bicyclic) bond motifs is 3. The minimum absolute atomic E-state index is 0.136. The number of phenolic OH excluding ortho intramolecular Hbond substituents is 1. The Labute approximate surface area is 190 Å². The number of hydrogen-bond donors (Lipinski definition) is 1. The quantitative estimate of drug-likeness (QED) is 0.454. The van der Waals surface area contributed by atoms with Crippen LogP contribution >= 0.6 is 0 Å². The number of benzene rings is 3. The Morgan fingerprint density at radius 2 is 1.48 bits per heavy atom. The van der Waals surface area contributed by atoms with Crippen molar-refractivity contribution in [1.82, 2.24) is 24.8 Å². The molecule has 0 atom stereocenters. The number of nitrogens with zero attached hydrogens (tertiary/aromatic N) is 6. The summed E-state index contributed by atoms with van der Waals surface area (Å²) in [5.41, 5.74) is 2.23. The highest BCUT2D eigenvalue weighted by molar-refractivity contribution is 6.01. The highest BCUT2D eigenvalue weighted by atomic mass is 16.5. The molecule has 0 saturated carbocycles. The van der Waals surface area contributed by atoms with Crippen molar-refractivity contribution in [2.24, 2.45) is 0 Å².